The van der Waals surface area contributed by atoms with Gasteiger partial charge in [-0.25, -0.2) is 9.78 Å². The summed E-state index contributed by atoms with van der Waals surface area (Å²) in [6.45, 7) is 3.23. The van der Waals surface area contributed by atoms with E-state index >= 15 is 0 Å². The fraction of sp³-hybridized carbons (Fsp3) is 0.316. The van der Waals surface area contributed by atoms with Crippen LogP contribution in [0.3, 0.4) is 0 Å². The average Bonchev–Trinajstić information content (AvgIpc) is 3.12. The van der Waals surface area contributed by atoms with Gasteiger partial charge in [0.1, 0.15) is 11.4 Å². The largest absolute Gasteiger partial charge is 0.478 e. The van der Waals surface area contributed by atoms with E-state index in [0.717, 1.165) is 19.5 Å². The first-order valence-electron chi connectivity index (χ1n) is 8.41. The average molecular weight is 339 g/mol. The maximum absolute atomic E-state index is 11.7. The number of rotatable bonds is 5. The van der Waals surface area contributed by atoms with E-state index in [0.29, 0.717) is 23.8 Å². The Morgan fingerprint density at radius 1 is 1.32 bits per heavy atom. The molecular formula is C19H21N3O3. The molecule has 130 valence electrons. The lowest BCUT2D eigenvalue weighted by Crippen LogP contribution is -2.23. The zero-order valence-electron chi connectivity index (χ0n) is 14.1. The molecule has 1 aliphatic heterocycles. The number of carboxylic acid groups (broad SMARTS) is 1. The highest BCUT2D eigenvalue weighted by Gasteiger charge is 2.28. The molecule has 0 radical (unpaired) electrons. The van der Waals surface area contributed by atoms with Crippen LogP contribution in [0.2, 0.25) is 0 Å². The van der Waals surface area contributed by atoms with Crippen LogP contribution < -0.4 is 10.2 Å². The highest BCUT2D eigenvalue weighted by Crippen LogP contribution is 2.32. The van der Waals surface area contributed by atoms with Crippen LogP contribution in [-0.2, 0) is 4.79 Å². The number of benzene rings is 1. The quantitative estimate of drug-likeness (QED) is 0.874. The van der Waals surface area contributed by atoms with Crippen molar-refractivity contribution in [1.82, 2.24) is 4.98 Å². The van der Waals surface area contributed by atoms with Gasteiger partial charge in [-0.05, 0) is 18.1 Å². The first-order valence-corrected chi connectivity index (χ1v) is 8.41. The van der Waals surface area contributed by atoms with E-state index in [1.54, 1.807) is 6.92 Å². The van der Waals surface area contributed by atoms with E-state index in [9.17, 15) is 14.7 Å². The maximum Gasteiger partial charge on any atom is 0.339 e. The lowest BCUT2D eigenvalue weighted by atomic mass is 9.99. The molecule has 0 bridgehead atoms. The summed E-state index contributed by atoms with van der Waals surface area (Å²) in [7, 11) is 0. The number of aromatic carboxylic acids is 1. The molecule has 1 saturated heterocycles. The van der Waals surface area contributed by atoms with Crippen LogP contribution in [0, 0.1) is 0 Å². The molecule has 3 rings (SSSR count). The Kier molecular flexibility index (Phi) is 4.97. The molecular weight excluding hydrogens is 318 g/mol. The van der Waals surface area contributed by atoms with Crippen molar-refractivity contribution in [1.29, 1.82) is 0 Å². The number of hydrogen-bond donors (Lipinski definition) is 2. The molecule has 1 aromatic heterocycles. The minimum Gasteiger partial charge on any atom is -0.478 e. The van der Waals surface area contributed by atoms with Crippen LogP contribution in [-0.4, -0.2) is 35.1 Å². The number of carboxylic acids is 1. The van der Waals surface area contributed by atoms with Gasteiger partial charge in [0.05, 0.1) is 11.9 Å². The van der Waals surface area contributed by atoms with E-state index in [2.05, 4.69) is 22.4 Å². The number of carbonyl (C=O) groups excluding carboxylic acids is 1. The molecule has 6 nitrogen and oxygen atoms in total. The van der Waals surface area contributed by atoms with E-state index in [4.69, 9.17) is 0 Å². The van der Waals surface area contributed by atoms with E-state index in [-0.39, 0.29) is 11.5 Å². The Bertz CT molecular complexity index is 777. The van der Waals surface area contributed by atoms with Gasteiger partial charge >= 0.3 is 5.97 Å². The number of carbonyl (C=O) groups is 2. The van der Waals surface area contributed by atoms with Gasteiger partial charge < -0.3 is 15.3 Å². The van der Waals surface area contributed by atoms with Gasteiger partial charge in [0.2, 0.25) is 5.91 Å². The first-order chi connectivity index (χ1) is 12.1. The number of anilines is 2. The number of nitrogens with one attached hydrogen (secondary N) is 1. The summed E-state index contributed by atoms with van der Waals surface area (Å²) in [4.78, 5) is 29.5. The third-order valence-electron chi connectivity index (χ3n) is 4.46. The van der Waals surface area contributed by atoms with Crippen molar-refractivity contribution in [2.24, 2.45) is 0 Å². The Morgan fingerprint density at radius 2 is 2.08 bits per heavy atom. The van der Waals surface area contributed by atoms with Crippen molar-refractivity contribution in [3.63, 3.8) is 0 Å². The van der Waals surface area contributed by atoms with Crippen molar-refractivity contribution < 1.29 is 14.7 Å². The highest BCUT2D eigenvalue weighted by molar-refractivity contribution is 5.97. The molecule has 2 heterocycles. The minimum atomic E-state index is -1.04. The lowest BCUT2D eigenvalue weighted by Gasteiger charge is -2.20. The second-order valence-corrected chi connectivity index (χ2v) is 6.14. The lowest BCUT2D eigenvalue weighted by molar-refractivity contribution is -0.115. The van der Waals surface area contributed by atoms with Crippen LogP contribution in [0.1, 0.15) is 41.6 Å². The van der Waals surface area contributed by atoms with Gasteiger partial charge in [-0.1, -0.05) is 37.3 Å². The fourth-order valence-electron chi connectivity index (χ4n) is 3.13. The van der Waals surface area contributed by atoms with Crippen molar-refractivity contribution in [2.75, 3.05) is 23.3 Å². The standard InChI is InChI=1S/C19H21N3O3/c1-2-17(23)21-15-10-16(19(24)25)18(20-11-15)22-9-8-14(12-22)13-6-4-3-5-7-13/h3-7,10-11,14H,2,8-9,12H2,1H3,(H,21,23)(H,24,25). The second kappa shape index (κ2) is 7.34. The summed E-state index contributed by atoms with van der Waals surface area (Å²) in [5, 5.41) is 12.2. The molecule has 2 N–H and O–H groups in total. The Balaban J connectivity index is 1.82. The summed E-state index contributed by atoms with van der Waals surface area (Å²) in [5.41, 5.74) is 1.78. The van der Waals surface area contributed by atoms with Crippen molar-refractivity contribution in [2.45, 2.75) is 25.7 Å². The van der Waals surface area contributed by atoms with Gasteiger partial charge in [-0.15, -0.1) is 0 Å². The number of nitrogens with zero attached hydrogens (tertiary/aromatic N) is 2. The van der Waals surface area contributed by atoms with Crippen LogP contribution in [0.4, 0.5) is 11.5 Å². The maximum atomic E-state index is 11.7. The molecule has 1 aliphatic rings. The van der Waals surface area contributed by atoms with Crippen LogP contribution in [0.25, 0.3) is 0 Å². The predicted molar refractivity (Wildman–Crippen MR) is 96.1 cm³/mol. The molecule has 0 spiro atoms. The van der Waals surface area contributed by atoms with Gasteiger partial charge in [0.25, 0.3) is 0 Å². The third-order valence-corrected chi connectivity index (χ3v) is 4.46. The first kappa shape index (κ1) is 17.0. The number of aromatic nitrogens is 1. The molecule has 0 saturated carbocycles. The predicted octanol–water partition coefficient (Wildman–Crippen LogP) is 3.12. The van der Waals surface area contributed by atoms with Crippen molar-refractivity contribution in [3.05, 3.63) is 53.7 Å². The van der Waals surface area contributed by atoms with Gasteiger partial charge in [0, 0.05) is 25.4 Å². The zero-order valence-corrected chi connectivity index (χ0v) is 14.1. The van der Waals surface area contributed by atoms with Crippen molar-refractivity contribution in [3.8, 4) is 0 Å². The van der Waals surface area contributed by atoms with E-state index < -0.39 is 5.97 Å². The normalized spacial score (nSPS) is 16.7. The smallest absolute Gasteiger partial charge is 0.339 e. The minimum absolute atomic E-state index is 0.114. The fourth-order valence-corrected chi connectivity index (χ4v) is 3.13. The molecule has 1 atom stereocenters. The number of hydrogen-bond acceptors (Lipinski definition) is 4. The van der Waals surface area contributed by atoms with Crippen molar-refractivity contribution >= 4 is 23.4 Å². The summed E-state index contributed by atoms with van der Waals surface area (Å²) in [6.07, 6.45) is 2.80. The number of pyridine rings is 1. The monoisotopic (exact) mass is 339 g/mol. The molecule has 6 heteroatoms. The number of amides is 1. The van der Waals surface area contributed by atoms with Gasteiger partial charge in [-0.2, -0.15) is 0 Å². The molecule has 0 aliphatic carbocycles. The van der Waals surface area contributed by atoms with Gasteiger partial charge in [-0.3, -0.25) is 4.79 Å². The van der Waals surface area contributed by atoms with E-state index in [1.807, 2.05) is 23.1 Å². The molecule has 2 aromatic rings. The van der Waals surface area contributed by atoms with E-state index in [1.165, 1.54) is 17.8 Å². The summed E-state index contributed by atoms with van der Waals surface area (Å²) >= 11 is 0. The summed E-state index contributed by atoms with van der Waals surface area (Å²) < 4.78 is 0. The Labute approximate surface area is 146 Å². The Hall–Kier alpha value is -2.89. The third kappa shape index (κ3) is 3.79. The molecule has 1 aromatic carbocycles. The molecule has 1 unspecified atom stereocenters. The summed E-state index contributed by atoms with van der Waals surface area (Å²) in [5.74, 6) is -0.390. The molecule has 1 amide bonds. The zero-order chi connectivity index (χ0) is 17.8. The van der Waals surface area contributed by atoms with Crippen LogP contribution in [0.5, 0.6) is 0 Å². The SMILES string of the molecule is CCC(=O)Nc1cnc(N2CCC(c3ccccc3)C2)c(C(=O)O)c1. The molecule has 1 fully saturated rings. The van der Waals surface area contributed by atoms with Gasteiger partial charge in [0.15, 0.2) is 0 Å². The summed E-state index contributed by atoms with van der Waals surface area (Å²) in [6, 6.07) is 11.7. The molecule has 25 heavy (non-hydrogen) atoms. The highest BCUT2D eigenvalue weighted by atomic mass is 16.4. The van der Waals surface area contributed by atoms with Crippen LogP contribution in [0.15, 0.2) is 42.6 Å². The Morgan fingerprint density at radius 3 is 2.76 bits per heavy atom. The van der Waals surface area contributed by atoms with Crippen LogP contribution >= 0.6 is 0 Å². The topological polar surface area (TPSA) is 82.5 Å². The second-order valence-electron chi connectivity index (χ2n) is 6.14.